The average Bonchev–Trinajstić information content (AvgIpc) is 3.29. The van der Waals surface area contributed by atoms with Crippen molar-refractivity contribution in [1.82, 2.24) is 19.9 Å². The molecule has 8 heteroatoms. The fraction of sp³-hybridized carbons (Fsp3) is 0.148. The molecule has 0 radical (unpaired) electrons. The molecule has 5 rings (SSSR count). The van der Waals surface area contributed by atoms with Gasteiger partial charge in [0.2, 0.25) is 0 Å². The Morgan fingerprint density at radius 2 is 1.77 bits per heavy atom. The number of rotatable bonds is 7. The van der Waals surface area contributed by atoms with E-state index in [-0.39, 0.29) is 12.5 Å². The summed E-state index contributed by atoms with van der Waals surface area (Å²) in [6.07, 6.45) is 2.63. The van der Waals surface area contributed by atoms with E-state index in [0.717, 1.165) is 26.6 Å². The topological polar surface area (TPSA) is 109 Å². The lowest BCUT2D eigenvalue weighted by molar-refractivity contribution is 0.0954. The van der Waals surface area contributed by atoms with Crippen molar-refractivity contribution in [2.75, 3.05) is 13.7 Å². The van der Waals surface area contributed by atoms with E-state index < -0.39 is 11.2 Å². The lowest BCUT2D eigenvalue weighted by Crippen LogP contribution is -2.35. The second kappa shape index (κ2) is 9.34. The summed E-state index contributed by atoms with van der Waals surface area (Å²) >= 11 is 0. The van der Waals surface area contributed by atoms with Crippen molar-refractivity contribution in [3.8, 4) is 5.75 Å². The molecule has 35 heavy (non-hydrogen) atoms. The predicted molar refractivity (Wildman–Crippen MR) is 135 cm³/mol. The average molecular weight is 469 g/mol. The van der Waals surface area contributed by atoms with Gasteiger partial charge in [-0.25, -0.2) is 4.79 Å². The number of nitrogens with one attached hydrogen (secondary N) is 3. The van der Waals surface area contributed by atoms with E-state index in [1.165, 1.54) is 6.07 Å². The number of methoxy groups -OCH3 is 1. The molecule has 0 bridgehead atoms. The Morgan fingerprint density at radius 1 is 0.971 bits per heavy atom. The largest absolute Gasteiger partial charge is 0.497 e. The Labute approximate surface area is 200 Å². The Hall–Kier alpha value is -4.59. The number of aromatic nitrogens is 3. The third-order valence-electron chi connectivity index (χ3n) is 6.10. The molecule has 0 saturated carbocycles. The van der Waals surface area contributed by atoms with Crippen LogP contribution in [0.5, 0.6) is 5.75 Å². The minimum atomic E-state index is -0.532. The number of H-pyrrole nitrogens is 2. The van der Waals surface area contributed by atoms with E-state index in [2.05, 4.69) is 15.3 Å². The van der Waals surface area contributed by atoms with E-state index in [1.54, 1.807) is 43.5 Å². The molecule has 0 aliphatic carbocycles. The van der Waals surface area contributed by atoms with Gasteiger partial charge in [0.25, 0.3) is 11.5 Å². The van der Waals surface area contributed by atoms with Crippen LogP contribution < -0.4 is 21.3 Å². The van der Waals surface area contributed by atoms with Gasteiger partial charge in [0.1, 0.15) is 5.75 Å². The van der Waals surface area contributed by atoms with Crippen molar-refractivity contribution >= 4 is 27.7 Å². The normalized spacial score (nSPS) is 11.1. The van der Waals surface area contributed by atoms with Gasteiger partial charge in [-0.15, -0.1) is 0 Å². The second-order valence-electron chi connectivity index (χ2n) is 8.30. The van der Waals surface area contributed by atoms with Crippen LogP contribution in [0.25, 0.3) is 21.8 Å². The van der Waals surface area contributed by atoms with Crippen LogP contribution in [0.3, 0.4) is 0 Å². The highest BCUT2D eigenvalue weighted by Gasteiger charge is 2.12. The van der Waals surface area contributed by atoms with Gasteiger partial charge < -0.3 is 20.0 Å². The first kappa shape index (κ1) is 22.2. The number of aromatic amines is 2. The molecule has 1 amide bonds. The maximum Gasteiger partial charge on any atom is 0.329 e. The molecule has 0 unspecified atom stereocenters. The number of hydrogen-bond donors (Lipinski definition) is 3. The van der Waals surface area contributed by atoms with Gasteiger partial charge >= 0.3 is 5.69 Å². The fourth-order valence-electron chi connectivity index (χ4n) is 4.20. The van der Waals surface area contributed by atoms with Crippen molar-refractivity contribution in [3.63, 3.8) is 0 Å². The van der Waals surface area contributed by atoms with Crippen molar-refractivity contribution < 1.29 is 9.53 Å². The molecule has 0 aliphatic rings. The van der Waals surface area contributed by atoms with Crippen LogP contribution in [-0.2, 0) is 13.0 Å². The Balaban J connectivity index is 1.32. The second-order valence-corrected chi connectivity index (χ2v) is 8.30. The molecule has 0 spiro atoms. The third-order valence-corrected chi connectivity index (χ3v) is 6.10. The van der Waals surface area contributed by atoms with Crippen LogP contribution in [0.2, 0.25) is 0 Å². The summed E-state index contributed by atoms with van der Waals surface area (Å²) in [7, 11) is 1.58. The minimum absolute atomic E-state index is 0.129. The van der Waals surface area contributed by atoms with Crippen LogP contribution in [0.15, 0.2) is 82.5 Å². The van der Waals surface area contributed by atoms with Crippen LogP contribution >= 0.6 is 0 Å². The molecule has 2 heterocycles. The number of fused-ring (bicyclic) bond motifs is 2. The van der Waals surface area contributed by atoms with Gasteiger partial charge in [-0.1, -0.05) is 30.3 Å². The summed E-state index contributed by atoms with van der Waals surface area (Å²) in [5.74, 6) is 0.427. The van der Waals surface area contributed by atoms with Gasteiger partial charge in [-0.05, 0) is 53.9 Å². The fourth-order valence-corrected chi connectivity index (χ4v) is 4.20. The SMILES string of the molecule is COc1ccc(Cn2c(=O)[nH]c3cc(C(=O)NCCc4c[nH]c5ccccc45)ccc3c2=O)cc1. The van der Waals surface area contributed by atoms with Crippen molar-refractivity contribution in [3.05, 3.63) is 110 Å². The zero-order valence-electron chi connectivity index (χ0n) is 19.1. The summed E-state index contributed by atoms with van der Waals surface area (Å²) in [6, 6.07) is 19.9. The molecular weight excluding hydrogens is 444 g/mol. The van der Waals surface area contributed by atoms with E-state index in [1.807, 2.05) is 30.5 Å². The highest BCUT2D eigenvalue weighted by molar-refractivity contribution is 5.97. The molecular formula is C27H24N4O4. The number of carbonyl (C=O) groups excluding carboxylic acids is 1. The maximum absolute atomic E-state index is 13.0. The molecule has 2 aromatic heterocycles. The van der Waals surface area contributed by atoms with Crippen molar-refractivity contribution in [1.29, 1.82) is 0 Å². The summed E-state index contributed by atoms with van der Waals surface area (Å²) < 4.78 is 6.29. The van der Waals surface area contributed by atoms with Crippen LogP contribution in [0.1, 0.15) is 21.5 Å². The zero-order chi connectivity index (χ0) is 24.4. The van der Waals surface area contributed by atoms with Crippen LogP contribution in [0.4, 0.5) is 0 Å². The highest BCUT2D eigenvalue weighted by Crippen LogP contribution is 2.18. The van der Waals surface area contributed by atoms with Crippen molar-refractivity contribution in [2.24, 2.45) is 0 Å². The summed E-state index contributed by atoms with van der Waals surface area (Å²) in [4.78, 5) is 44.3. The van der Waals surface area contributed by atoms with Gasteiger partial charge in [-0.3, -0.25) is 14.2 Å². The smallest absolute Gasteiger partial charge is 0.329 e. The standard InChI is InChI=1S/C27H24N4O4/c1-35-20-9-6-17(7-10-20)16-31-26(33)22-11-8-18(14-24(22)30-27(31)34)25(32)28-13-12-19-15-29-23-5-3-2-4-21(19)23/h2-11,14-15,29H,12-13,16H2,1H3,(H,28,32)(H,30,34). The number of hydrogen-bond acceptors (Lipinski definition) is 4. The molecule has 3 aromatic carbocycles. The highest BCUT2D eigenvalue weighted by atomic mass is 16.5. The first-order chi connectivity index (χ1) is 17.0. The molecule has 3 N–H and O–H groups in total. The summed E-state index contributed by atoms with van der Waals surface area (Å²) in [5.41, 5.74) is 2.74. The summed E-state index contributed by atoms with van der Waals surface area (Å²) in [5, 5.41) is 4.39. The van der Waals surface area contributed by atoms with E-state index in [0.29, 0.717) is 35.2 Å². The molecule has 5 aromatic rings. The molecule has 0 saturated heterocycles. The predicted octanol–water partition coefficient (Wildman–Crippen LogP) is 3.20. The first-order valence-corrected chi connectivity index (χ1v) is 11.3. The molecule has 0 atom stereocenters. The van der Waals surface area contributed by atoms with Crippen LogP contribution in [-0.4, -0.2) is 34.1 Å². The Morgan fingerprint density at radius 3 is 2.57 bits per heavy atom. The minimum Gasteiger partial charge on any atom is -0.497 e. The third kappa shape index (κ3) is 4.46. The Bertz CT molecular complexity index is 1640. The lowest BCUT2D eigenvalue weighted by Gasteiger charge is -2.09. The van der Waals surface area contributed by atoms with Gasteiger partial charge in [-0.2, -0.15) is 0 Å². The summed E-state index contributed by atoms with van der Waals surface area (Å²) in [6.45, 7) is 0.586. The van der Waals surface area contributed by atoms with Gasteiger partial charge in [0, 0.05) is 29.2 Å². The number of para-hydroxylation sites is 1. The molecule has 176 valence electrons. The number of nitrogens with zero attached hydrogens (tertiary/aromatic N) is 1. The molecule has 0 aliphatic heterocycles. The number of carbonyl (C=O) groups is 1. The van der Waals surface area contributed by atoms with E-state index >= 15 is 0 Å². The van der Waals surface area contributed by atoms with Crippen molar-refractivity contribution in [2.45, 2.75) is 13.0 Å². The molecule has 0 fully saturated rings. The molecule has 8 nitrogen and oxygen atoms in total. The van der Waals surface area contributed by atoms with Gasteiger partial charge in [0.15, 0.2) is 0 Å². The van der Waals surface area contributed by atoms with E-state index in [9.17, 15) is 14.4 Å². The van der Waals surface area contributed by atoms with E-state index in [4.69, 9.17) is 4.74 Å². The monoisotopic (exact) mass is 468 g/mol. The Kier molecular flexibility index (Phi) is 5.93. The maximum atomic E-state index is 13.0. The quantitative estimate of drug-likeness (QED) is 0.341. The zero-order valence-corrected chi connectivity index (χ0v) is 19.1. The number of amides is 1. The number of benzene rings is 3. The lowest BCUT2D eigenvalue weighted by atomic mass is 10.1. The number of ether oxygens (including phenoxy) is 1. The van der Waals surface area contributed by atoms with Crippen LogP contribution in [0, 0.1) is 0 Å². The van der Waals surface area contributed by atoms with Gasteiger partial charge in [0.05, 0.1) is 24.6 Å². The first-order valence-electron chi connectivity index (χ1n) is 11.3.